The molecule has 1 N–H and O–H groups in total. The molecule has 0 radical (unpaired) electrons. The van der Waals surface area contributed by atoms with E-state index in [0.717, 1.165) is 35.4 Å². The van der Waals surface area contributed by atoms with Gasteiger partial charge in [0.25, 0.3) is 0 Å². The highest BCUT2D eigenvalue weighted by Gasteiger charge is 2.60. The molecule has 3 unspecified atom stereocenters. The van der Waals surface area contributed by atoms with E-state index in [2.05, 4.69) is 35.3 Å². The van der Waals surface area contributed by atoms with Crippen molar-refractivity contribution in [2.24, 2.45) is 0 Å². The minimum absolute atomic E-state index is 0.0661. The molecular weight excluding hydrogens is 388 g/mol. The highest BCUT2D eigenvalue weighted by molar-refractivity contribution is 5.55. The maximum Gasteiger partial charge on any atom is 0.221 e. The fourth-order valence-corrected chi connectivity index (χ4v) is 5.34. The van der Waals surface area contributed by atoms with E-state index in [1.54, 1.807) is 0 Å². The fourth-order valence-electron chi connectivity index (χ4n) is 5.34. The monoisotopic (exact) mass is 412 g/mol. The summed E-state index contributed by atoms with van der Waals surface area (Å²) in [6.07, 6.45) is 1.91. The lowest BCUT2D eigenvalue weighted by molar-refractivity contribution is 0.0640. The lowest BCUT2D eigenvalue weighted by Gasteiger charge is -2.36. The third-order valence-electron chi connectivity index (χ3n) is 6.52. The van der Waals surface area contributed by atoms with Crippen molar-refractivity contribution in [2.45, 2.75) is 37.2 Å². The smallest absolute Gasteiger partial charge is 0.221 e. The van der Waals surface area contributed by atoms with Gasteiger partial charge in [-0.2, -0.15) is 5.26 Å². The lowest BCUT2D eigenvalue weighted by Crippen LogP contribution is -2.36. The Morgan fingerprint density at radius 3 is 2.58 bits per heavy atom. The van der Waals surface area contributed by atoms with Crippen LogP contribution in [0.15, 0.2) is 60.7 Å². The second-order valence-electron chi connectivity index (χ2n) is 8.23. The summed E-state index contributed by atoms with van der Waals surface area (Å²) in [5.74, 6) is 1.58. The molecule has 3 aromatic rings. The third-order valence-corrected chi connectivity index (χ3v) is 6.52. The van der Waals surface area contributed by atoms with E-state index in [9.17, 15) is 10.4 Å². The second kappa shape index (κ2) is 7.72. The van der Waals surface area contributed by atoms with Gasteiger partial charge in [0.15, 0.2) is 0 Å². The molecule has 156 valence electrons. The molecule has 2 heterocycles. The molecule has 0 bridgehead atoms. The number of aliphatic hydroxyl groups is 1. The Labute approximate surface area is 181 Å². The predicted octanol–water partition coefficient (Wildman–Crippen LogP) is 4.58. The summed E-state index contributed by atoms with van der Waals surface area (Å²) >= 11 is 0. The molecule has 1 aliphatic heterocycles. The Hall–Kier alpha value is -3.36. The first-order valence-corrected chi connectivity index (χ1v) is 10.7. The Balaban J connectivity index is 1.69. The lowest BCUT2D eigenvalue weighted by atomic mass is 9.74. The fraction of sp³-hybridized carbons (Fsp3) is 0.308. The average molecular weight is 412 g/mol. The molecular formula is C26H24N2O3. The van der Waals surface area contributed by atoms with Crippen LogP contribution in [0.3, 0.4) is 0 Å². The number of aryl methyl sites for hydroxylation is 1. The molecule has 1 aromatic heterocycles. The summed E-state index contributed by atoms with van der Waals surface area (Å²) in [6, 6.07) is 22.4. The van der Waals surface area contributed by atoms with Gasteiger partial charge in [-0.05, 0) is 43.0 Å². The molecule has 31 heavy (non-hydrogen) atoms. The summed E-state index contributed by atoms with van der Waals surface area (Å²) in [6.45, 7) is 2.05. The van der Waals surface area contributed by atoms with Crippen molar-refractivity contribution in [1.82, 2.24) is 4.98 Å². The number of nitrogens with zero attached hydrogens (tertiary/aromatic N) is 2. The highest BCUT2D eigenvalue weighted by atomic mass is 16.5. The second-order valence-corrected chi connectivity index (χ2v) is 8.23. The van der Waals surface area contributed by atoms with Crippen LogP contribution in [0, 0.1) is 18.3 Å². The minimum Gasteiger partial charge on any atom is -0.481 e. The molecule has 0 saturated heterocycles. The standard InChI is InChI=1S/C26H24N2O3/c1-17-15-23-24(25(28-17)30-14-13-29)22-12-11-21(19-5-3-2-4-6-19)26(22,31-23)20-9-7-18(16-27)8-10-20/h2-10,15,21-22,29H,11-14H2,1H3. The predicted molar refractivity (Wildman–Crippen MR) is 116 cm³/mol. The van der Waals surface area contributed by atoms with Crippen LogP contribution in [0.4, 0.5) is 0 Å². The number of benzene rings is 2. The number of hydrogen-bond donors (Lipinski definition) is 1. The Morgan fingerprint density at radius 1 is 1.13 bits per heavy atom. The summed E-state index contributed by atoms with van der Waals surface area (Å²) in [5, 5.41) is 18.6. The van der Waals surface area contributed by atoms with Gasteiger partial charge in [-0.25, -0.2) is 4.98 Å². The molecule has 5 heteroatoms. The van der Waals surface area contributed by atoms with Crippen molar-refractivity contribution in [1.29, 1.82) is 5.26 Å². The van der Waals surface area contributed by atoms with Crippen molar-refractivity contribution in [3.8, 4) is 17.7 Å². The summed E-state index contributed by atoms with van der Waals surface area (Å²) in [4.78, 5) is 4.64. The number of ether oxygens (including phenoxy) is 2. The molecule has 5 rings (SSSR count). The first-order valence-electron chi connectivity index (χ1n) is 10.7. The van der Waals surface area contributed by atoms with Crippen LogP contribution in [-0.2, 0) is 5.60 Å². The van der Waals surface area contributed by atoms with Crippen molar-refractivity contribution >= 4 is 0 Å². The largest absolute Gasteiger partial charge is 0.481 e. The third kappa shape index (κ3) is 3.07. The summed E-state index contributed by atoms with van der Waals surface area (Å²) in [7, 11) is 0. The van der Waals surface area contributed by atoms with E-state index in [1.807, 2.05) is 43.3 Å². The molecule has 5 nitrogen and oxygen atoms in total. The van der Waals surface area contributed by atoms with Gasteiger partial charge in [-0.15, -0.1) is 0 Å². The first-order chi connectivity index (χ1) is 15.2. The van der Waals surface area contributed by atoms with Crippen LogP contribution in [-0.4, -0.2) is 23.3 Å². The Morgan fingerprint density at radius 2 is 1.87 bits per heavy atom. The molecule has 2 aromatic carbocycles. The van der Waals surface area contributed by atoms with Crippen molar-refractivity contribution in [3.63, 3.8) is 0 Å². The molecule has 2 aliphatic rings. The topological polar surface area (TPSA) is 75.4 Å². The Bertz CT molecular complexity index is 1140. The number of nitriles is 1. The van der Waals surface area contributed by atoms with Gasteiger partial charge in [-0.1, -0.05) is 42.5 Å². The van der Waals surface area contributed by atoms with Crippen LogP contribution in [0.2, 0.25) is 0 Å². The van der Waals surface area contributed by atoms with Crippen LogP contribution >= 0.6 is 0 Å². The van der Waals surface area contributed by atoms with E-state index in [1.165, 1.54) is 5.56 Å². The zero-order chi connectivity index (χ0) is 21.4. The maximum absolute atomic E-state index is 9.29. The van der Waals surface area contributed by atoms with Gasteiger partial charge in [0, 0.05) is 23.6 Å². The Kier molecular flexibility index (Phi) is 4.88. The number of hydrogen-bond acceptors (Lipinski definition) is 5. The molecule has 1 saturated carbocycles. The molecule has 0 spiro atoms. The zero-order valence-corrected chi connectivity index (χ0v) is 17.4. The molecule has 1 aliphatic carbocycles. The number of fused-ring (bicyclic) bond motifs is 3. The van der Waals surface area contributed by atoms with E-state index in [4.69, 9.17) is 9.47 Å². The van der Waals surface area contributed by atoms with Gasteiger partial charge in [0.2, 0.25) is 5.88 Å². The number of aliphatic hydroxyl groups excluding tert-OH is 1. The first kappa shape index (κ1) is 19.6. The summed E-state index contributed by atoms with van der Waals surface area (Å²) < 4.78 is 12.7. The maximum atomic E-state index is 9.29. The normalized spacial score (nSPS) is 23.5. The molecule has 3 atom stereocenters. The minimum atomic E-state index is -0.593. The van der Waals surface area contributed by atoms with Gasteiger partial charge < -0.3 is 14.6 Å². The van der Waals surface area contributed by atoms with Gasteiger partial charge >= 0.3 is 0 Å². The van der Waals surface area contributed by atoms with E-state index >= 15 is 0 Å². The quantitative estimate of drug-likeness (QED) is 0.664. The SMILES string of the molecule is Cc1cc2c(c(OCCO)n1)C1CCC(c3ccccc3)C1(c1ccc(C#N)cc1)O2. The van der Waals surface area contributed by atoms with Crippen LogP contribution in [0.25, 0.3) is 0 Å². The highest BCUT2D eigenvalue weighted by Crippen LogP contribution is 2.65. The summed E-state index contributed by atoms with van der Waals surface area (Å²) in [5.41, 5.74) is 4.14. The van der Waals surface area contributed by atoms with Gasteiger partial charge in [-0.3, -0.25) is 0 Å². The van der Waals surface area contributed by atoms with Crippen molar-refractivity contribution in [3.05, 3.63) is 88.6 Å². The average Bonchev–Trinajstić information content (AvgIpc) is 3.32. The van der Waals surface area contributed by atoms with Gasteiger partial charge in [0.05, 0.1) is 23.8 Å². The van der Waals surface area contributed by atoms with Gasteiger partial charge in [0.1, 0.15) is 18.0 Å². The zero-order valence-electron chi connectivity index (χ0n) is 17.4. The number of aromatic nitrogens is 1. The number of pyridine rings is 1. The number of rotatable bonds is 5. The van der Waals surface area contributed by atoms with Crippen LogP contribution in [0.5, 0.6) is 11.6 Å². The van der Waals surface area contributed by atoms with Crippen LogP contribution in [0.1, 0.15) is 52.6 Å². The molecule has 0 amide bonds. The molecule has 1 fully saturated rings. The van der Waals surface area contributed by atoms with E-state index in [-0.39, 0.29) is 25.0 Å². The van der Waals surface area contributed by atoms with E-state index in [0.29, 0.717) is 11.4 Å². The van der Waals surface area contributed by atoms with Crippen molar-refractivity contribution < 1.29 is 14.6 Å². The van der Waals surface area contributed by atoms with Crippen LogP contribution < -0.4 is 9.47 Å². The van der Waals surface area contributed by atoms with Crippen molar-refractivity contribution in [2.75, 3.05) is 13.2 Å². The van der Waals surface area contributed by atoms with E-state index < -0.39 is 5.60 Å².